The maximum atomic E-state index is 12.2. The summed E-state index contributed by atoms with van der Waals surface area (Å²) in [5.74, 6) is 2.08. The van der Waals surface area contributed by atoms with Crippen LogP contribution < -0.4 is 15.4 Å². The number of halogens is 1. The third-order valence-corrected chi connectivity index (χ3v) is 5.86. The second-order valence-electron chi connectivity index (χ2n) is 7.71. The Morgan fingerprint density at radius 3 is 2.59 bits per heavy atom. The van der Waals surface area contributed by atoms with Crippen LogP contribution >= 0.6 is 11.6 Å². The molecule has 29 heavy (non-hydrogen) atoms. The van der Waals surface area contributed by atoms with E-state index in [2.05, 4.69) is 23.6 Å². The molecule has 1 fully saturated rings. The fourth-order valence-corrected chi connectivity index (χ4v) is 3.91. The average Bonchev–Trinajstić information content (AvgIpc) is 3.28. The zero-order valence-electron chi connectivity index (χ0n) is 17.1. The van der Waals surface area contributed by atoms with E-state index in [1.807, 2.05) is 42.5 Å². The van der Waals surface area contributed by atoms with Crippen LogP contribution in [-0.4, -0.2) is 18.5 Å². The molecule has 0 heterocycles. The summed E-state index contributed by atoms with van der Waals surface area (Å²) >= 11 is 5.95. The second kappa shape index (κ2) is 11.2. The maximum Gasteiger partial charge on any atom is 0.223 e. The van der Waals surface area contributed by atoms with Crippen LogP contribution in [0.15, 0.2) is 48.5 Å². The number of carbonyl (C=O) groups excluding carboxylic acids is 1. The molecule has 1 saturated carbocycles. The molecule has 1 aliphatic rings. The first kappa shape index (κ1) is 21.7. The van der Waals surface area contributed by atoms with Gasteiger partial charge in [-0.25, -0.2) is 0 Å². The van der Waals surface area contributed by atoms with Crippen molar-refractivity contribution in [3.63, 3.8) is 0 Å². The first-order valence-corrected chi connectivity index (χ1v) is 11.1. The van der Waals surface area contributed by atoms with E-state index in [1.54, 1.807) is 0 Å². The van der Waals surface area contributed by atoms with Gasteiger partial charge in [-0.3, -0.25) is 4.79 Å². The van der Waals surface area contributed by atoms with Gasteiger partial charge in [0.1, 0.15) is 11.5 Å². The Hall–Kier alpha value is -2.04. The summed E-state index contributed by atoms with van der Waals surface area (Å²) in [6.07, 6.45) is 6.41. The van der Waals surface area contributed by atoms with Crippen molar-refractivity contribution < 1.29 is 9.53 Å². The van der Waals surface area contributed by atoms with E-state index in [9.17, 15) is 4.79 Å². The van der Waals surface area contributed by atoms with Crippen molar-refractivity contribution in [3.8, 4) is 11.5 Å². The van der Waals surface area contributed by atoms with E-state index < -0.39 is 0 Å². The summed E-state index contributed by atoms with van der Waals surface area (Å²) in [6.45, 7) is 3.62. The average molecular weight is 415 g/mol. The zero-order chi connectivity index (χ0) is 20.5. The Labute approximate surface area is 179 Å². The largest absolute Gasteiger partial charge is 0.457 e. The molecule has 0 radical (unpaired) electrons. The first-order valence-electron chi connectivity index (χ1n) is 10.7. The maximum absolute atomic E-state index is 12.2. The van der Waals surface area contributed by atoms with E-state index in [4.69, 9.17) is 16.3 Å². The third kappa shape index (κ3) is 6.76. The van der Waals surface area contributed by atoms with Crippen molar-refractivity contribution in [2.24, 2.45) is 5.92 Å². The fourth-order valence-electron chi connectivity index (χ4n) is 3.79. The molecule has 0 aromatic heterocycles. The lowest BCUT2D eigenvalue weighted by Crippen LogP contribution is -2.35. The van der Waals surface area contributed by atoms with Crippen molar-refractivity contribution in [1.82, 2.24) is 10.6 Å². The molecule has 0 saturated heterocycles. The smallest absolute Gasteiger partial charge is 0.223 e. The molecule has 2 N–H and O–H groups in total. The molecular formula is C24H31ClN2O2. The highest BCUT2D eigenvalue weighted by molar-refractivity contribution is 6.30. The van der Waals surface area contributed by atoms with Gasteiger partial charge in [0.15, 0.2) is 0 Å². The van der Waals surface area contributed by atoms with Crippen LogP contribution in [0.25, 0.3) is 0 Å². The zero-order valence-corrected chi connectivity index (χ0v) is 17.9. The van der Waals surface area contributed by atoms with Crippen LogP contribution in [0.5, 0.6) is 11.5 Å². The molecule has 156 valence electrons. The number of hydrogen-bond acceptors (Lipinski definition) is 3. The molecule has 1 atom stereocenters. The van der Waals surface area contributed by atoms with Crippen LogP contribution in [0.3, 0.4) is 0 Å². The highest BCUT2D eigenvalue weighted by atomic mass is 35.5. The summed E-state index contributed by atoms with van der Waals surface area (Å²) in [7, 11) is 0. The molecule has 1 aliphatic carbocycles. The Balaban J connectivity index is 1.48. The van der Waals surface area contributed by atoms with Gasteiger partial charge in [-0.15, -0.1) is 0 Å². The van der Waals surface area contributed by atoms with E-state index >= 15 is 0 Å². The van der Waals surface area contributed by atoms with Gasteiger partial charge in [-0.1, -0.05) is 49.6 Å². The molecule has 2 aromatic rings. The summed E-state index contributed by atoms with van der Waals surface area (Å²) < 4.78 is 6.04. The lowest BCUT2D eigenvalue weighted by atomic mass is 10.1. The van der Waals surface area contributed by atoms with Crippen molar-refractivity contribution in [1.29, 1.82) is 0 Å². The minimum atomic E-state index is 0.235. The van der Waals surface area contributed by atoms with Crippen LogP contribution in [0.2, 0.25) is 5.02 Å². The van der Waals surface area contributed by atoms with Crippen molar-refractivity contribution in [2.75, 3.05) is 6.54 Å². The minimum absolute atomic E-state index is 0.235. The highest BCUT2D eigenvalue weighted by Crippen LogP contribution is 2.27. The fraction of sp³-hybridized carbons (Fsp3) is 0.458. The first-order chi connectivity index (χ1) is 14.2. The lowest BCUT2D eigenvalue weighted by molar-refractivity contribution is -0.124. The van der Waals surface area contributed by atoms with E-state index in [0.29, 0.717) is 11.1 Å². The quantitative estimate of drug-likeness (QED) is 0.524. The molecule has 0 bridgehead atoms. The van der Waals surface area contributed by atoms with Crippen molar-refractivity contribution in [2.45, 2.75) is 58.0 Å². The van der Waals surface area contributed by atoms with Gasteiger partial charge in [0, 0.05) is 35.6 Å². The normalized spacial score (nSPS) is 15.2. The predicted octanol–water partition coefficient (Wildman–Crippen LogP) is 5.70. The van der Waals surface area contributed by atoms with Gasteiger partial charge < -0.3 is 15.4 Å². The highest BCUT2D eigenvalue weighted by Gasteiger charge is 2.22. The van der Waals surface area contributed by atoms with E-state index in [-0.39, 0.29) is 11.8 Å². The number of amides is 1. The van der Waals surface area contributed by atoms with Crippen molar-refractivity contribution >= 4 is 17.5 Å². The number of carbonyl (C=O) groups is 1. The number of para-hydroxylation sites is 1. The summed E-state index contributed by atoms with van der Waals surface area (Å²) in [4.78, 5) is 12.2. The summed E-state index contributed by atoms with van der Waals surface area (Å²) in [5, 5.41) is 7.43. The van der Waals surface area contributed by atoms with Crippen LogP contribution in [-0.2, 0) is 11.3 Å². The Kier molecular flexibility index (Phi) is 8.38. The van der Waals surface area contributed by atoms with Crippen molar-refractivity contribution in [3.05, 3.63) is 59.1 Å². The molecule has 0 spiro atoms. The van der Waals surface area contributed by atoms with Gasteiger partial charge in [0.2, 0.25) is 5.91 Å². The number of hydrogen-bond donors (Lipinski definition) is 2. The standard InChI is InChI=1S/C24H31ClN2O2/c1-2-21(15-16-26-24(28)18-7-3-4-8-18)27-17-19-9-5-6-10-23(19)29-22-13-11-20(25)12-14-22/h5-6,9-14,18,21,27H,2-4,7-8,15-17H2,1H3,(H,26,28). The summed E-state index contributed by atoms with van der Waals surface area (Å²) in [6, 6.07) is 15.8. The molecule has 0 aliphatic heterocycles. The lowest BCUT2D eigenvalue weighted by Gasteiger charge is -2.19. The summed E-state index contributed by atoms with van der Waals surface area (Å²) in [5.41, 5.74) is 1.11. The minimum Gasteiger partial charge on any atom is -0.457 e. The molecule has 4 nitrogen and oxygen atoms in total. The Bertz CT molecular complexity index is 773. The van der Waals surface area contributed by atoms with Crippen LogP contribution in [0.4, 0.5) is 0 Å². The molecular weight excluding hydrogens is 384 g/mol. The molecule has 1 unspecified atom stereocenters. The second-order valence-corrected chi connectivity index (χ2v) is 8.15. The van der Waals surface area contributed by atoms with Gasteiger partial charge in [-0.05, 0) is 56.0 Å². The number of nitrogens with one attached hydrogen (secondary N) is 2. The third-order valence-electron chi connectivity index (χ3n) is 5.61. The molecule has 3 rings (SSSR count). The monoisotopic (exact) mass is 414 g/mol. The van der Waals surface area contributed by atoms with Gasteiger partial charge in [-0.2, -0.15) is 0 Å². The predicted molar refractivity (Wildman–Crippen MR) is 118 cm³/mol. The van der Waals surface area contributed by atoms with Crippen LogP contribution in [0, 0.1) is 5.92 Å². The van der Waals surface area contributed by atoms with Gasteiger partial charge in [0.05, 0.1) is 0 Å². The van der Waals surface area contributed by atoms with Crippen LogP contribution in [0.1, 0.15) is 51.0 Å². The Morgan fingerprint density at radius 2 is 1.86 bits per heavy atom. The molecule has 5 heteroatoms. The number of rotatable bonds is 10. The van der Waals surface area contributed by atoms with Gasteiger partial charge in [0.25, 0.3) is 0 Å². The van der Waals surface area contributed by atoms with E-state index in [0.717, 1.165) is 55.8 Å². The number of benzene rings is 2. The topological polar surface area (TPSA) is 50.4 Å². The molecule has 2 aromatic carbocycles. The van der Waals surface area contributed by atoms with Gasteiger partial charge >= 0.3 is 0 Å². The Morgan fingerprint density at radius 1 is 1.14 bits per heavy atom. The molecule has 1 amide bonds. The SMILES string of the molecule is CCC(CCNC(=O)C1CCCC1)NCc1ccccc1Oc1ccc(Cl)cc1. The van der Waals surface area contributed by atoms with E-state index in [1.165, 1.54) is 12.8 Å². The number of ether oxygens (including phenoxy) is 1.